The third kappa shape index (κ3) is 2.78. The monoisotopic (exact) mass is 182 g/mol. The highest BCUT2D eigenvalue weighted by molar-refractivity contribution is 5.29. The average Bonchev–Trinajstić information content (AvgIpc) is 2.25. The molecule has 0 saturated carbocycles. The summed E-state index contributed by atoms with van der Waals surface area (Å²) in [5.74, 6) is 0. The van der Waals surface area contributed by atoms with E-state index in [1.807, 2.05) is 19.1 Å². The van der Waals surface area contributed by atoms with Gasteiger partial charge in [0.2, 0.25) is 0 Å². The van der Waals surface area contributed by atoms with E-state index in [-0.39, 0.29) is 5.23 Å². The summed E-state index contributed by atoms with van der Waals surface area (Å²) in [6.45, 7) is 1.82. The molecule has 0 saturated heterocycles. The highest BCUT2D eigenvalue weighted by Gasteiger charge is 2.16. The molecule has 0 fully saturated rings. The maximum Gasteiger partial charge on any atom is 0.162 e. The standard InChI is InChI=1S/C9H14N2O2/c1-9(10)6-4-3-5-8(7-9)11(12)13-2/h3-7,11H,10H2,1-2H3. The second-order valence-corrected chi connectivity index (χ2v) is 3.18. The van der Waals surface area contributed by atoms with Crippen LogP contribution in [0.25, 0.3) is 0 Å². The van der Waals surface area contributed by atoms with E-state index in [1.54, 1.807) is 18.2 Å². The van der Waals surface area contributed by atoms with E-state index in [2.05, 4.69) is 4.84 Å². The van der Waals surface area contributed by atoms with Crippen molar-refractivity contribution < 1.29 is 10.1 Å². The Morgan fingerprint density at radius 2 is 2.23 bits per heavy atom. The van der Waals surface area contributed by atoms with Gasteiger partial charge in [0.25, 0.3) is 0 Å². The molecule has 0 amide bonds. The summed E-state index contributed by atoms with van der Waals surface area (Å²) < 4.78 is 0. The fourth-order valence-electron chi connectivity index (χ4n) is 1.10. The van der Waals surface area contributed by atoms with Gasteiger partial charge in [0.1, 0.15) is 0 Å². The molecule has 4 nitrogen and oxygen atoms in total. The van der Waals surface area contributed by atoms with Gasteiger partial charge in [-0.3, -0.25) is 0 Å². The largest absolute Gasteiger partial charge is 0.595 e. The van der Waals surface area contributed by atoms with Crippen LogP contribution in [0.1, 0.15) is 6.92 Å². The van der Waals surface area contributed by atoms with Crippen LogP contribution in [0.5, 0.6) is 0 Å². The maximum atomic E-state index is 11.2. The predicted octanol–water partition coefficient (Wildman–Crippen LogP) is -0.342. The lowest BCUT2D eigenvalue weighted by atomic mass is 10.0. The summed E-state index contributed by atoms with van der Waals surface area (Å²) >= 11 is 0. The second-order valence-electron chi connectivity index (χ2n) is 3.18. The molecule has 0 aliphatic heterocycles. The first-order chi connectivity index (χ1) is 6.05. The Balaban J connectivity index is 2.91. The minimum atomic E-state index is -0.590. The van der Waals surface area contributed by atoms with Crippen molar-refractivity contribution in [2.75, 3.05) is 7.11 Å². The minimum absolute atomic E-state index is 0.364. The number of allylic oxidation sites excluding steroid dienone is 3. The SMILES string of the molecule is CO[NH+]([O-])C1=CC(C)(N)C=CC=C1. The molecule has 1 aliphatic rings. The van der Waals surface area contributed by atoms with E-state index in [0.29, 0.717) is 5.70 Å². The number of nitrogens with two attached hydrogens (primary N) is 1. The Kier molecular flexibility index (Phi) is 3.00. The molecule has 0 aromatic carbocycles. The maximum absolute atomic E-state index is 11.2. The van der Waals surface area contributed by atoms with Crippen LogP contribution < -0.4 is 11.0 Å². The Morgan fingerprint density at radius 1 is 1.54 bits per heavy atom. The molecule has 2 unspecified atom stereocenters. The van der Waals surface area contributed by atoms with E-state index < -0.39 is 5.54 Å². The Hall–Kier alpha value is -0.940. The Bertz CT molecular complexity index is 267. The fraction of sp³-hybridized carbons (Fsp3) is 0.333. The number of hydroxylamine groups is 2. The average molecular weight is 182 g/mol. The van der Waals surface area contributed by atoms with Gasteiger partial charge < -0.3 is 10.9 Å². The lowest BCUT2D eigenvalue weighted by Crippen LogP contribution is -3.03. The van der Waals surface area contributed by atoms with E-state index >= 15 is 0 Å². The predicted molar refractivity (Wildman–Crippen MR) is 50.3 cm³/mol. The first kappa shape index (κ1) is 10.1. The second kappa shape index (κ2) is 3.85. The summed E-state index contributed by atoms with van der Waals surface area (Å²) in [7, 11) is 1.35. The molecule has 0 bridgehead atoms. The number of nitrogens with one attached hydrogen (secondary N) is 1. The molecule has 1 aliphatic carbocycles. The van der Waals surface area contributed by atoms with Crippen molar-refractivity contribution in [1.82, 2.24) is 0 Å². The van der Waals surface area contributed by atoms with Crippen LogP contribution >= 0.6 is 0 Å². The first-order valence-electron chi connectivity index (χ1n) is 4.01. The van der Waals surface area contributed by atoms with Crippen LogP contribution in [0.15, 0.2) is 36.1 Å². The summed E-state index contributed by atoms with van der Waals surface area (Å²) in [6.07, 6.45) is 8.76. The zero-order valence-corrected chi connectivity index (χ0v) is 7.78. The number of hydrogen-bond donors (Lipinski definition) is 2. The summed E-state index contributed by atoms with van der Waals surface area (Å²) in [4.78, 5) is 4.60. The highest BCUT2D eigenvalue weighted by Crippen LogP contribution is 2.09. The van der Waals surface area contributed by atoms with E-state index in [4.69, 9.17) is 5.73 Å². The van der Waals surface area contributed by atoms with E-state index in [0.717, 1.165) is 0 Å². The van der Waals surface area contributed by atoms with Gasteiger partial charge in [-0.2, -0.15) is 5.23 Å². The van der Waals surface area contributed by atoms with Crippen LogP contribution in [0, 0.1) is 5.21 Å². The quantitative estimate of drug-likeness (QED) is 0.574. The molecule has 13 heavy (non-hydrogen) atoms. The number of rotatable bonds is 2. The van der Waals surface area contributed by atoms with Crippen molar-refractivity contribution >= 4 is 0 Å². The van der Waals surface area contributed by atoms with Crippen molar-refractivity contribution in [2.24, 2.45) is 5.73 Å². The van der Waals surface area contributed by atoms with Gasteiger partial charge in [0.05, 0.1) is 12.6 Å². The molecule has 0 heterocycles. The van der Waals surface area contributed by atoms with Crippen molar-refractivity contribution in [1.29, 1.82) is 0 Å². The lowest BCUT2D eigenvalue weighted by Gasteiger charge is -2.20. The minimum Gasteiger partial charge on any atom is -0.595 e. The zero-order chi connectivity index (χ0) is 9.90. The van der Waals surface area contributed by atoms with Gasteiger partial charge in [0, 0.05) is 12.2 Å². The summed E-state index contributed by atoms with van der Waals surface area (Å²) in [6, 6.07) is 0. The Morgan fingerprint density at radius 3 is 2.85 bits per heavy atom. The zero-order valence-electron chi connectivity index (χ0n) is 7.78. The topological polar surface area (TPSA) is 62.8 Å². The molecule has 1 rings (SSSR count). The molecule has 72 valence electrons. The molecule has 0 aromatic rings. The van der Waals surface area contributed by atoms with E-state index in [1.165, 1.54) is 7.11 Å². The third-order valence-electron chi connectivity index (χ3n) is 1.73. The van der Waals surface area contributed by atoms with Crippen molar-refractivity contribution in [2.45, 2.75) is 12.5 Å². The lowest BCUT2D eigenvalue weighted by molar-refractivity contribution is -1.01. The van der Waals surface area contributed by atoms with Gasteiger partial charge in [-0.05, 0) is 6.92 Å². The number of hydrogen-bond acceptors (Lipinski definition) is 3. The molecule has 2 atom stereocenters. The third-order valence-corrected chi connectivity index (χ3v) is 1.73. The molecule has 3 N–H and O–H groups in total. The summed E-state index contributed by atoms with van der Waals surface area (Å²) in [5, 5.41) is 10.8. The van der Waals surface area contributed by atoms with Crippen molar-refractivity contribution in [3.05, 3.63) is 41.3 Å². The molecule has 0 radical (unpaired) electrons. The molecule has 0 aromatic heterocycles. The number of quaternary nitrogens is 1. The van der Waals surface area contributed by atoms with Crippen LogP contribution in [0.4, 0.5) is 0 Å². The first-order valence-corrected chi connectivity index (χ1v) is 4.01. The smallest absolute Gasteiger partial charge is 0.162 e. The molecular weight excluding hydrogens is 168 g/mol. The van der Waals surface area contributed by atoms with Crippen molar-refractivity contribution in [3.8, 4) is 0 Å². The normalized spacial score (nSPS) is 29.7. The van der Waals surface area contributed by atoms with Gasteiger partial charge in [0.15, 0.2) is 5.70 Å². The Labute approximate surface area is 77.5 Å². The van der Waals surface area contributed by atoms with Crippen LogP contribution in [-0.2, 0) is 4.84 Å². The van der Waals surface area contributed by atoms with Gasteiger partial charge >= 0.3 is 0 Å². The van der Waals surface area contributed by atoms with E-state index in [9.17, 15) is 5.21 Å². The van der Waals surface area contributed by atoms with Crippen molar-refractivity contribution in [3.63, 3.8) is 0 Å². The van der Waals surface area contributed by atoms with Crippen LogP contribution in [0.2, 0.25) is 0 Å². The summed E-state index contributed by atoms with van der Waals surface area (Å²) in [5.41, 5.74) is 5.74. The van der Waals surface area contributed by atoms with Gasteiger partial charge in [-0.15, -0.1) is 0 Å². The fourth-order valence-corrected chi connectivity index (χ4v) is 1.10. The molecule has 0 spiro atoms. The molecular formula is C9H14N2O2. The van der Waals surface area contributed by atoms with Gasteiger partial charge in [-0.1, -0.05) is 18.2 Å². The van der Waals surface area contributed by atoms with Crippen LogP contribution in [0.3, 0.4) is 0 Å². The molecule has 4 heteroatoms. The van der Waals surface area contributed by atoms with Crippen LogP contribution in [-0.4, -0.2) is 12.6 Å². The highest BCUT2D eigenvalue weighted by atomic mass is 16.9. The van der Waals surface area contributed by atoms with Gasteiger partial charge in [-0.25, -0.2) is 4.84 Å².